The SMILES string of the molecule is COc1cc(CNC(=O)c2ccc(SC(F)F)cc2)ccc1OC(F)F. The lowest BCUT2D eigenvalue weighted by molar-refractivity contribution is -0.0512. The number of carbonyl (C=O) groups excluding carboxylic acids is 1. The van der Waals surface area contributed by atoms with Gasteiger partial charge in [0.25, 0.3) is 11.7 Å². The van der Waals surface area contributed by atoms with E-state index in [0.717, 1.165) is 0 Å². The molecule has 0 fully saturated rings. The summed E-state index contributed by atoms with van der Waals surface area (Å²) >= 11 is 0.394. The second-order valence-corrected chi connectivity index (χ2v) is 6.01. The summed E-state index contributed by atoms with van der Waals surface area (Å²) in [6, 6.07) is 10.1. The average molecular weight is 389 g/mol. The standard InChI is InChI=1S/C17H15F4NO3S/c1-24-14-8-10(2-7-13(14)25-16(18)19)9-22-15(23)11-3-5-12(6-4-11)26-17(20)21/h2-8,16-17H,9H2,1H3,(H,22,23). The van der Waals surface area contributed by atoms with E-state index in [-0.39, 0.29) is 18.0 Å². The molecule has 2 aromatic carbocycles. The quantitative estimate of drug-likeness (QED) is 0.532. The lowest BCUT2D eigenvalue weighted by atomic mass is 10.1. The molecule has 4 nitrogen and oxygen atoms in total. The van der Waals surface area contributed by atoms with Gasteiger partial charge in [0.05, 0.1) is 7.11 Å². The first-order valence-electron chi connectivity index (χ1n) is 7.34. The van der Waals surface area contributed by atoms with E-state index in [4.69, 9.17) is 4.74 Å². The van der Waals surface area contributed by atoms with Crippen LogP contribution in [0, 0.1) is 0 Å². The molecule has 2 rings (SSSR count). The van der Waals surface area contributed by atoms with E-state index in [1.807, 2.05) is 0 Å². The summed E-state index contributed by atoms with van der Waals surface area (Å²) in [6.45, 7) is -2.85. The first-order valence-corrected chi connectivity index (χ1v) is 8.22. The van der Waals surface area contributed by atoms with Gasteiger partial charge < -0.3 is 14.8 Å². The summed E-state index contributed by atoms with van der Waals surface area (Å²) in [5.74, 6) is -2.91. The molecule has 26 heavy (non-hydrogen) atoms. The third kappa shape index (κ3) is 5.83. The van der Waals surface area contributed by atoms with Crippen molar-refractivity contribution in [2.75, 3.05) is 7.11 Å². The number of benzene rings is 2. The summed E-state index contributed by atoms with van der Waals surface area (Å²) in [4.78, 5) is 12.5. The van der Waals surface area contributed by atoms with Crippen molar-refractivity contribution in [2.24, 2.45) is 0 Å². The highest BCUT2D eigenvalue weighted by Crippen LogP contribution is 2.29. The van der Waals surface area contributed by atoms with Crippen molar-refractivity contribution in [2.45, 2.75) is 23.8 Å². The summed E-state index contributed by atoms with van der Waals surface area (Å²) in [6.07, 6.45) is 0. The Bertz CT molecular complexity index is 741. The van der Waals surface area contributed by atoms with E-state index in [9.17, 15) is 22.4 Å². The Morgan fingerprint density at radius 3 is 2.35 bits per heavy atom. The van der Waals surface area contributed by atoms with Crippen LogP contribution in [0.3, 0.4) is 0 Å². The number of methoxy groups -OCH3 is 1. The molecule has 0 bridgehead atoms. The number of halogens is 4. The molecule has 0 aromatic heterocycles. The van der Waals surface area contributed by atoms with Crippen LogP contribution in [-0.4, -0.2) is 25.4 Å². The minimum Gasteiger partial charge on any atom is -0.493 e. The number of alkyl halides is 4. The highest BCUT2D eigenvalue weighted by molar-refractivity contribution is 7.99. The molecule has 9 heteroatoms. The Kier molecular flexibility index (Phi) is 7.14. The molecular formula is C17H15F4NO3S. The molecule has 140 valence electrons. The summed E-state index contributed by atoms with van der Waals surface area (Å²) < 4.78 is 58.5. The number of hydrogen-bond donors (Lipinski definition) is 1. The zero-order chi connectivity index (χ0) is 19.1. The summed E-state index contributed by atoms with van der Waals surface area (Å²) in [5.41, 5.74) is 0.926. The van der Waals surface area contributed by atoms with E-state index in [2.05, 4.69) is 10.1 Å². The maximum Gasteiger partial charge on any atom is 0.387 e. The Balaban J connectivity index is 1.98. The topological polar surface area (TPSA) is 47.6 Å². The summed E-state index contributed by atoms with van der Waals surface area (Å²) in [7, 11) is 1.31. The van der Waals surface area contributed by atoms with Gasteiger partial charge in [0.2, 0.25) is 0 Å². The fraction of sp³-hybridized carbons (Fsp3) is 0.235. The second kappa shape index (κ2) is 9.33. The van der Waals surface area contributed by atoms with Crippen molar-refractivity contribution in [3.05, 3.63) is 53.6 Å². The molecule has 0 saturated heterocycles. The smallest absolute Gasteiger partial charge is 0.387 e. The van der Waals surface area contributed by atoms with Crippen LogP contribution in [0.5, 0.6) is 11.5 Å². The van der Waals surface area contributed by atoms with Gasteiger partial charge in [-0.2, -0.15) is 17.6 Å². The average Bonchev–Trinajstić information content (AvgIpc) is 2.60. The van der Waals surface area contributed by atoms with E-state index in [1.165, 1.54) is 49.6 Å². The number of ether oxygens (including phenoxy) is 2. The Labute approximate surface area is 151 Å². The molecule has 2 aromatic rings. The van der Waals surface area contributed by atoms with E-state index < -0.39 is 18.3 Å². The maximum absolute atomic E-state index is 12.3. The molecule has 0 aliphatic rings. The molecule has 0 saturated carbocycles. The van der Waals surface area contributed by atoms with Gasteiger partial charge in [0.15, 0.2) is 11.5 Å². The van der Waals surface area contributed by atoms with Crippen LogP contribution in [0.25, 0.3) is 0 Å². The van der Waals surface area contributed by atoms with Gasteiger partial charge in [0, 0.05) is 17.0 Å². The van der Waals surface area contributed by atoms with Gasteiger partial charge in [-0.05, 0) is 42.0 Å². The molecule has 0 aliphatic carbocycles. The van der Waals surface area contributed by atoms with Crippen LogP contribution in [0.2, 0.25) is 0 Å². The summed E-state index contributed by atoms with van der Waals surface area (Å²) in [5, 5.41) is 2.65. The first kappa shape index (κ1) is 19.9. The van der Waals surface area contributed by atoms with Gasteiger partial charge in [-0.3, -0.25) is 4.79 Å². The normalized spacial score (nSPS) is 10.9. The van der Waals surface area contributed by atoms with Crippen molar-refractivity contribution in [3.63, 3.8) is 0 Å². The fourth-order valence-corrected chi connectivity index (χ4v) is 2.59. The third-order valence-electron chi connectivity index (χ3n) is 3.24. The first-order chi connectivity index (χ1) is 12.4. The van der Waals surface area contributed by atoms with Crippen molar-refractivity contribution in [3.8, 4) is 11.5 Å². The number of rotatable bonds is 8. The number of carbonyl (C=O) groups is 1. The van der Waals surface area contributed by atoms with Crippen LogP contribution in [0.4, 0.5) is 17.6 Å². The number of hydrogen-bond acceptors (Lipinski definition) is 4. The minimum absolute atomic E-state index is 0.107. The van der Waals surface area contributed by atoms with Crippen molar-refractivity contribution in [1.82, 2.24) is 5.32 Å². The molecular weight excluding hydrogens is 374 g/mol. The van der Waals surface area contributed by atoms with Crippen LogP contribution in [0.15, 0.2) is 47.4 Å². The second-order valence-electron chi connectivity index (χ2n) is 4.95. The van der Waals surface area contributed by atoms with E-state index >= 15 is 0 Å². The third-order valence-corrected chi connectivity index (χ3v) is 3.96. The lowest BCUT2D eigenvalue weighted by Gasteiger charge is -2.12. The van der Waals surface area contributed by atoms with E-state index in [0.29, 0.717) is 27.8 Å². The largest absolute Gasteiger partial charge is 0.493 e. The molecule has 0 radical (unpaired) electrons. The molecule has 0 spiro atoms. The van der Waals surface area contributed by atoms with Crippen molar-refractivity contribution in [1.29, 1.82) is 0 Å². The number of nitrogens with one attached hydrogen (secondary N) is 1. The van der Waals surface area contributed by atoms with Gasteiger partial charge in [-0.25, -0.2) is 0 Å². The van der Waals surface area contributed by atoms with Crippen LogP contribution in [-0.2, 0) is 6.54 Å². The maximum atomic E-state index is 12.3. The van der Waals surface area contributed by atoms with Gasteiger partial charge in [0.1, 0.15) is 0 Å². The highest BCUT2D eigenvalue weighted by atomic mass is 32.2. The molecule has 0 atom stereocenters. The van der Waals surface area contributed by atoms with Gasteiger partial charge >= 0.3 is 6.61 Å². The van der Waals surface area contributed by atoms with Crippen LogP contribution in [0.1, 0.15) is 15.9 Å². The van der Waals surface area contributed by atoms with Gasteiger partial charge in [-0.15, -0.1) is 0 Å². The fourth-order valence-electron chi connectivity index (χ4n) is 2.09. The highest BCUT2D eigenvalue weighted by Gasteiger charge is 2.12. The van der Waals surface area contributed by atoms with E-state index in [1.54, 1.807) is 0 Å². The van der Waals surface area contributed by atoms with Crippen molar-refractivity contribution < 1.29 is 31.8 Å². The predicted octanol–water partition coefficient (Wildman–Crippen LogP) is 4.54. The monoisotopic (exact) mass is 389 g/mol. The zero-order valence-electron chi connectivity index (χ0n) is 13.5. The Hall–Kier alpha value is -2.42. The molecule has 1 amide bonds. The van der Waals surface area contributed by atoms with Crippen molar-refractivity contribution >= 4 is 17.7 Å². The predicted molar refractivity (Wildman–Crippen MR) is 89.1 cm³/mol. The van der Waals surface area contributed by atoms with Crippen LogP contribution >= 0.6 is 11.8 Å². The molecule has 0 unspecified atom stereocenters. The van der Waals surface area contributed by atoms with Crippen LogP contribution < -0.4 is 14.8 Å². The van der Waals surface area contributed by atoms with Gasteiger partial charge in [-0.1, -0.05) is 17.8 Å². The Morgan fingerprint density at radius 1 is 1.08 bits per heavy atom. The number of amides is 1. The zero-order valence-corrected chi connectivity index (χ0v) is 14.4. The lowest BCUT2D eigenvalue weighted by Crippen LogP contribution is -2.22. The molecule has 0 aliphatic heterocycles. The number of thioether (sulfide) groups is 1. The Morgan fingerprint density at radius 2 is 1.77 bits per heavy atom. The molecule has 0 heterocycles. The minimum atomic E-state index is -2.97. The molecule has 1 N–H and O–H groups in total.